The average molecular weight is 398 g/mol. The second kappa shape index (κ2) is 9.45. The van der Waals surface area contributed by atoms with Gasteiger partial charge in [0, 0.05) is 5.92 Å². The molecule has 1 atom stereocenters. The predicted octanol–water partition coefficient (Wildman–Crippen LogP) is 4.82. The van der Waals surface area contributed by atoms with Gasteiger partial charge in [0.15, 0.2) is 17.3 Å². The average Bonchev–Trinajstić information content (AvgIpc) is 3.19. The van der Waals surface area contributed by atoms with Crippen LogP contribution in [0.15, 0.2) is 40.3 Å². The van der Waals surface area contributed by atoms with Crippen molar-refractivity contribution in [1.82, 2.24) is 0 Å². The van der Waals surface area contributed by atoms with Gasteiger partial charge in [-0.05, 0) is 67.7 Å². The van der Waals surface area contributed by atoms with Crippen molar-refractivity contribution in [3.63, 3.8) is 0 Å². The van der Waals surface area contributed by atoms with Gasteiger partial charge in [0.25, 0.3) is 0 Å². The number of furan rings is 1. The van der Waals surface area contributed by atoms with Crippen molar-refractivity contribution in [2.75, 3.05) is 13.7 Å². The quantitative estimate of drug-likeness (QED) is 0.492. The Morgan fingerprint density at radius 2 is 2.03 bits per heavy atom. The van der Waals surface area contributed by atoms with Crippen LogP contribution < -0.4 is 9.47 Å². The first-order valence-corrected chi connectivity index (χ1v) is 9.83. The minimum Gasteiger partial charge on any atom is -0.490 e. The number of hydrogen-bond acceptors (Lipinski definition) is 6. The zero-order valence-corrected chi connectivity index (χ0v) is 17.0. The molecule has 0 N–H and O–H groups in total. The number of carbonyl (C=O) groups is 2. The monoisotopic (exact) mass is 398 g/mol. The molecule has 154 valence electrons. The second-order valence-electron chi connectivity index (χ2n) is 7.01. The van der Waals surface area contributed by atoms with Crippen LogP contribution in [0.4, 0.5) is 0 Å². The Labute approximate surface area is 170 Å². The molecule has 1 aromatic carbocycles. The molecule has 29 heavy (non-hydrogen) atoms. The van der Waals surface area contributed by atoms with Gasteiger partial charge in [-0.25, -0.2) is 4.79 Å². The van der Waals surface area contributed by atoms with Crippen molar-refractivity contribution in [3.05, 3.63) is 53.0 Å². The summed E-state index contributed by atoms with van der Waals surface area (Å²) < 4.78 is 21.6. The van der Waals surface area contributed by atoms with Crippen molar-refractivity contribution >= 4 is 17.8 Å². The fourth-order valence-electron chi connectivity index (χ4n) is 3.33. The number of benzene rings is 1. The highest BCUT2D eigenvalue weighted by atomic mass is 16.5. The first-order chi connectivity index (χ1) is 14.0. The molecule has 0 spiro atoms. The third kappa shape index (κ3) is 5.08. The summed E-state index contributed by atoms with van der Waals surface area (Å²) in [5, 5.41) is 0. The van der Waals surface area contributed by atoms with E-state index in [2.05, 4.69) is 4.74 Å². The fourth-order valence-corrected chi connectivity index (χ4v) is 3.33. The summed E-state index contributed by atoms with van der Waals surface area (Å²) >= 11 is 0. The molecule has 6 heteroatoms. The predicted molar refractivity (Wildman–Crippen MR) is 108 cm³/mol. The lowest BCUT2D eigenvalue weighted by molar-refractivity contribution is -0.119. The molecule has 1 aromatic heterocycles. The standard InChI is InChI=1S/C23H26O6/c1-4-27-21-13-16(12-17-7-5-6-15(2)22(17)24)8-10-19(21)28-14-18-9-11-20(29-18)23(25)26-3/h8-13,15H,4-7,14H2,1-3H3/b17-12+/t15-/m1/s1. The summed E-state index contributed by atoms with van der Waals surface area (Å²) in [6, 6.07) is 8.81. The van der Waals surface area contributed by atoms with Gasteiger partial charge >= 0.3 is 5.97 Å². The van der Waals surface area contributed by atoms with Crippen LogP contribution in [-0.2, 0) is 16.1 Å². The summed E-state index contributed by atoms with van der Waals surface area (Å²) in [6.45, 7) is 4.52. The van der Waals surface area contributed by atoms with Crippen LogP contribution in [0.1, 0.15) is 55.0 Å². The molecule has 1 aliphatic rings. The molecule has 2 aromatic rings. The minimum atomic E-state index is -0.532. The Bertz CT molecular complexity index is 908. The first kappa shape index (κ1) is 20.7. The number of esters is 1. The van der Waals surface area contributed by atoms with E-state index < -0.39 is 5.97 Å². The van der Waals surface area contributed by atoms with Gasteiger partial charge in [-0.1, -0.05) is 13.0 Å². The second-order valence-corrected chi connectivity index (χ2v) is 7.01. The van der Waals surface area contributed by atoms with Crippen molar-refractivity contribution in [2.24, 2.45) is 5.92 Å². The highest BCUT2D eigenvalue weighted by molar-refractivity contribution is 6.01. The molecular formula is C23H26O6. The van der Waals surface area contributed by atoms with E-state index in [0.717, 1.165) is 30.4 Å². The van der Waals surface area contributed by atoms with Crippen molar-refractivity contribution in [3.8, 4) is 11.5 Å². The maximum absolute atomic E-state index is 12.4. The maximum Gasteiger partial charge on any atom is 0.373 e. The lowest BCUT2D eigenvalue weighted by Crippen LogP contribution is -2.18. The molecule has 6 nitrogen and oxygen atoms in total. The van der Waals surface area contributed by atoms with E-state index in [9.17, 15) is 9.59 Å². The van der Waals surface area contributed by atoms with Crippen LogP contribution in [-0.4, -0.2) is 25.5 Å². The summed E-state index contributed by atoms with van der Waals surface area (Å²) in [4.78, 5) is 23.8. The Balaban J connectivity index is 1.75. The minimum absolute atomic E-state index is 0.0899. The molecule has 1 aliphatic carbocycles. The molecule has 0 aliphatic heterocycles. The SMILES string of the molecule is CCOc1cc(/C=C2\CCC[C@@H](C)C2=O)ccc1OCc1ccc(C(=O)OC)o1. The van der Waals surface area contributed by atoms with Crippen molar-refractivity contribution in [2.45, 2.75) is 39.7 Å². The molecule has 3 rings (SSSR count). The number of hydrogen-bond donors (Lipinski definition) is 0. The van der Waals surface area contributed by atoms with Crippen LogP contribution in [0.5, 0.6) is 11.5 Å². The highest BCUT2D eigenvalue weighted by Gasteiger charge is 2.22. The molecular weight excluding hydrogens is 372 g/mol. The first-order valence-electron chi connectivity index (χ1n) is 9.83. The zero-order valence-electron chi connectivity index (χ0n) is 17.0. The largest absolute Gasteiger partial charge is 0.490 e. The van der Waals surface area contributed by atoms with E-state index in [1.807, 2.05) is 38.1 Å². The maximum atomic E-state index is 12.4. The van der Waals surface area contributed by atoms with E-state index in [1.54, 1.807) is 12.1 Å². The molecule has 0 saturated heterocycles. The van der Waals surface area contributed by atoms with Crippen LogP contribution >= 0.6 is 0 Å². The van der Waals surface area contributed by atoms with Crippen molar-refractivity contribution in [1.29, 1.82) is 0 Å². The molecule has 1 fully saturated rings. The lowest BCUT2D eigenvalue weighted by Gasteiger charge is -2.19. The Kier molecular flexibility index (Phi) is 6.75. The third-order valence-corrected chi connectivity index (χ3v) is 4.87. The Morgan fingerprint density at radius 3 is 2.79 bits per heavy atom. The van der Waals surface area contributed by atoms with Crippen LogP contribution in [0, 0.1) is 5.92 Å². The van der Waals surface area contributed by atoms with Crippen LogP contribution in [0.3, 0.4) is 0 Å². The Morgan fingerprint density at radius 1 is 1.21 bits per heavy atom. The van der Waals surface area contributed by atoms with Gasteiger partial charge in [0.2, 0.25) is 5.76 Å². The van der Waals surface area contributed by atoms with Crippen LogP contribution in [0.25, 0.3) is 6.08 Å². The van der Waals surface area contributed by atoms with E-state index in [1.165, 1.54) is 7.11 Å². The molecule has 0 radical (unpaired) electrons. The summed E-state index contributed by atoms with van der Waals surface area (Å²) in [5.74, 6) is 1.58. The van der Waals surface area contributed by atoms with E-state index in [0.29, 0.717) is 23.9 Å². The lowest BCUT2D eigenvalue weighted by atomic mass is 9.84. The van der Waals surface area contributed by atoms with Gasteiger partial charge < -0.3 is 18.6 Å². The topological polar surface area (TPSA) is 75.0 Å². The van der Waals surface area contributed by atoms with Gasteiger partial charge in [-0.2, -0.15) is 0 Å². The number of ketones is 1. The van der Waals surface area contributed by atoms with Gasteiger partial charge in [-0.15, -0.1) is 0 Å². The molecule has 0 amide bonds. The van der Waals surface area contributed by atoms with Gasteiger partial charge in [0.1, 0.15) is 12.4 Å². The van der Waals surface area contributed by atoms with Gasteiger partial charge in [-0.3, -0.25) is 4.79 Å². The number of methoxy groups -OCH3 is 1. The normalized spacial score (nSPS) is 18.0. The van der Waals surface area contributed by atoms with E-state index >= 15 is 0 Å². The number of allylic oxidation sites excluding steroid dienone is 1. The van der Waals surface area contributed by atoms with E-state index in [-0.39, 0.29) is 24.1 Å². The Hall–Kier alpha value is -3.02. The molecule has 1 saturated carbocycles. The van der Waals surface area contributed by atoms with E-state index in [4.69, 9.17) is 13.9 Å². The summed E-state index contributed by atoms with van der Waals surface area (Å²) in [7, 11) is 1.30. The number of rotatable bonds is 7. The summed E-state index contributed by atoms with van der Waals surface area (Å²) in [6.07, 6.45) is 4.75. The molecule has 0 unspecified atom stereocenters. The van der Waals surface area contributed by atoms with Crippen molar-refractivity contribution < 1.29 is 28.2 Å². The summed E-state index contributed by atoms with van der Waals surface area (Å²) in [5.41, 5.74) is 1.77. The fraction of sp³-hybridized carbons (Fsp3) is 0.391. The van der Waals surface area contributed by atoms with Gasteiger partial charge in [0.05, 0.1) is 13.7 Å². The molecule has 0 bridgehead atoms. The highest BCUT2D eigenvalue weighted by Crippen LogP contribution is 2.32. The third-order valence-electron chi connectivity index (χ3n) is 4.87. The van der Waals surface area contributed by atoms with Crippen LogP contribution in [0.2, 0.25) is 0 Å². The smallest absolute Gasteiger partial charge is 0.373 e. The number of Topliss-reactive ketones (excluding diaryl/α,β-unsaturated/α-hetero) is 1. The zero-order chi connectivity index (χ0) is 20.8. The number of carbonyl (C=O) groups excluding carboxylic acids is 2. The molecule has 1 heterocycles. The number of ether oxygens (including phenoxy) is 3.